The average molecular weight is 285 g/mol. The molecular weight excluding hydrogens is 258 g/mol. The topological polar surface area (TPSA) is 20.2 Å². The minimum Gasteiger partial charge on any atom is -0.347 e. The van der Waals surface area contributed by atoms with Crippen molar-refractivity contribution in [1.29, 1.82) is 0 Å². The molecule has 1 aromatic carbocycles. The number of fused-ring (bicyclic) bond motifs is 2. The van der Waals surface area contributed by atoms with Gasteiger partial charge in [0.1, 0.15) is 0 Å². The van der Waals surface area contributed by atoms with Gasteiger partial charge in [-0.2, -0.15) is 0 Å². The van der Waals surface area contributed by atoms with Crippen LogP contribution in [0.2, 0.25) is 0 Å². The third-order valence-corrected chi connectivity index (χ3v) is 4.58. The van der Waals surface area contributed by atoms with Crippen LogP contribution in [0.1, 0.15) is 37.5 Å². The first-order valence-corrected chi connectivity index (χ1v) is 8.17. The smallest absolute Gasteiger partial charge is 0.0486 e. The summed E-state index contributed by atoms with van der Waals surface area (Å²) in [6.07, 6.45) is 3.46. The summed E-state index contributed by atoms with van der Waals surface area (Å²) in [6, 6.07) is 5.38. The minimum atomic E-state index is 0.529. The maximum atomic E-state index is 3.53. The fourth-order valence-electron chi connectivity index (χ4n) is 3.61. The molecule has 0 fully saturated rings. The van der Waals surface area contributed by atoms with Crippen molar-refractivity contribution in [2.75, 3.05) is 13.6 Å². The van der Waals surface area contributed by atoms with Crippen molar-refractivity contribution in [2.45, 2.75) is 52.9 Å². The zero-order valence-corrected chi connectivity index (χ0v) is 13.7. The normalized spacial score (nSPS) is 16.6. The summed E-state index contributed by atoms with van der Waals surface area (Å²) in [5.74, 6) is 0. The quantitative estimate of drug-likeness (QED) is 0.910. The number of nitrogens with one attached hydrogen (secondary N) is 1. The molecule has 1 aliphatic heterocycles. The van der Waals surface area contributed by atoms with Crippen molar-refractivity contribution in [2.24, 2.45) is 0 Å². The van der Waals surface area contributed by atoms with Crippen LogP contribution in [0.15, 0.2) is 18.3 Å². The molecule has 3 nitrogen and oxygen atoms in total. The van der Waals surface area contributed by atoms with E-state index in [2.05, 4.69) is 60.9 Å². The zero-order chi connectivity index (χ0) is 15.0. The van der Waals surface area contributed by atoms with Gasteiger partial charge in [0, 0.05) is 42.8 Å². The second-order valence-electron chi connectivity index (χ2n) is 6.41. The molecule has 2 heterocycles. The number of hydrogen-bond donors (Lipinski definition) is 1. The third kappa shape index (κ3) is 2.72. The van der Waals surface area contributed by atoms with Crippen molar-refractivity contribution in [3.05, 3.63) is 35.0 Å². The highest BCUT2D eigenvalue weighted by Gasteiger charge is 2.19. The summed E-state index contributed by atoms with van der Waals surface area (Å²) in [6.45, 7) is 10.9. The van der Waals surface area contributed by atoms with E-state index >= 15 is 0 Å². The Hall–Kier alpha value is -1.32. The Bertz CT molecular complexity index is 641. The van der Waals surface area contributed by atoms with Gasteiger partial charge in [0.2, 0.25) is 0 Å². The van der Waals surface area contributed by atoms with Gasteiger partial charge in [-0.05, 0) is 62.7 Å². The van der Waals surface area contributed by atoms with E-state index in [4.69, 9.17) is 0 Å². The van der Waals surface area contributed by atoms with Crippen LogP contribution in [-0.2, 0) is 26.1 Å². The van der Waals surface area contributed by atoms with E-state index in [1.807, 2.05) is 0 Å². The molecule has 21 heavy (non-hydrogen) atoms. The number of nitrogens with zero attached hydrogens (tertiary/aromatic N) is 2. The van der Waals surface area contributed by atoms with Crippen molar-refractivity contribution in [1.82, 2.24) is 14.8 Å². The van der Waals surface area contributed by atoms with Gasteiger partial charge in [-0.3, -0.25) is 4.90 Å². The van der Waals surface area contributed by atoms with E-state index in [0.29, 0.717) is 6.04 Å². The third-order valence-electron chi connectivity index (χ3n) is 4.58. The van der Waals surface area contributed by atoms with Crippen LogP contribution in [0, 0.1) is 0 Å². The molecule has 0 aliphatic carbocycles. The number of hydrogen-bond acceptors (Lipinski definition) is 2. The molecule has 1 N–H and O–H groups in total. The number of rotatable bonds is 5. The maximum absolute atomic E-state index is 3.53. The number of likely N-dealkylation sites (N-methyl/N-ethyl adjacent to an activating group) is 1. The fourth-order valence-corrected chi connectivity index (χ4v) is 3.61. The Morgan fingerprint density at radius 1 is 1.19 bits per heavy atom. The lowest BCUT2D eigenvalue weighted by molar-refractivity contribution is 0.353. The molecule has 1 aliphatic rings. The molecule has 0 amide bonds. The van der Waals surface area contributed by atoms with Crippen LogP contribution in [0.25, 0.3) is 10.9 Å². The molecule has 3 heteroatoms. The van der Waals surface area contributed by atoms with Gasteiger partial charge < -0.3 is 9.88 Å². The number of aryl methyl sites for hydroxylation is 1. The van der Waals surface area contributed by atoms with Crippen LogP contribution in [0.3, 0.4) is 0 Å². The van der Waals surface area contributed by atoms with Gasteiger partial charge in [0.05, 0.1) is 0 Å². The first-order chi connectivity index (χ1) is 10.1. The van der Waals surface area contributed by atoms with Crippen LogP contribution in [-0.4, -0.2) is 29.1 Å². The van der Waals surface area contributed by atoms with Crippen LogP contribution < -0.4 is 5.32 Å². The molecule has 0 saturated heterocycles. The van der Waals surface area contributed by atoms with E-state index in [-0.39, 0.29) is 0 Å². The Balaban J connectivity index is 2.03. The Labute approximate surface area is 127 Å². The molecule has 1 unspecified atom stereocenters. The van der Waals surface area contributed by atoms with Gasteiger partial charge in [-0.25, -0.2) is 0 Å². The number of benzene rings is 1. The summed E-state index contributed by atoms with van der Waals surface area (Å²) < 4.78 is 2.40. The summed E-state index contributed by atoms with van der Waals surface area (Å²) in [7, 11) is 2.20. The van der Waals surface area contributed by atoms with Crippen LogP contribution in [0.4, 0.5) is 0 Å². The molecule has 0 saturated carbocycles. The standard InChI is InChI=1S/C18H27N3/c1-5-19-13(3)7-16-12-21(6-2)18-9-15-11-20(4)10-14(15)8-17(16)18/h8-9,12-13,19H,5-7,10-11H2,1-4H3. The van der Waals surface area contributed by atoms with Crippen LogP contribution in [0.5, 0.6) is 0 Å². The average Bonchev–Trinajstić information content (AvgIpc) is 2.96. The summed E-state index contributed by atoms with van der Waals surface area (Å²) in [5, 5.41) is 4.98. The molecule has 114 valence electrons. The van der Waals surface area contributed by atoms with Crippen molar-refractivity contribution < 1.29 is 0 Å². The lowest BCUT2D eigenvalue weighted by Crippen LogP contribution is -2.27. The SMILES string of the molecule is CCNC(C)Cc1cn(CC)c2cc3c(cc12)CN(C)C3. The molecule has 1 aromatic heterocycles. The highest BCUT2D eigenvalue weighted by Crippen LogP contribution is 2.30. The lowest BCUT2D eigenvalue weighted by Gasteiger charge is -2.11. The van der Waals surface area contributed by atoms with E-state index in [1.165, 1.54) is 27.6 Å². The highest BCUT2D eigenvalue weighted by molar-refractivity contribution is 5.86. The minimum absolute atomic E-state index is 0.529. The van der Waals surface area contributed by atoms with Crippen molar-refractivity contribution in [3.63, 3.8) is 0 Å². The largest absolute Gasteiger partial charge is 0.347 e. The summed E-state index contributed by atoms with van der Waals surface area (Å²) >= 11 is 0. The fraction of sp³-hybridized carbons (Fsp3) is 0.556. The second-order valence-corrected chi connectivity index (χ2v) is 6.41. The molecule has 1 atom stereocenters. The lowest BCUT2D eigenvalue weighted by atomic mass is 10.0. The van der Waals surface area contributed by atoms with Crippen molar-refractivity contribution in [3.8, 4) is 0 Å². The van der Waals surface area contributed by atoms with Gasteiger partial charge in [0.25, 0.3) is 0 Å². The van der Waals surface area contributed by atoms with E-state index in [0.717, 1.165) is 32.6 Å². The molecular formula is C18H27N3. The summed E-state index contributed by atoms with van der Waals surface area (Å²) in [5.41, 5.74) is 5.91. The molecule has 0 bridgehead atoms. The van der Waals surface area contributed by atoms with Gasteiger partial charge in [-0.15, -0.1) is 0 Å². The van der Waals surface area contributed by atoms with Crippen molar-refractivity contribution >= 4 is 10.9 Å². The summed E-state index contributed by atoms with van der Waals surface area (Å²) in [4.78, 5) is 2.39. The van der Waals surface area contributed by atoms with Gasteiger partial charge in [-0.1, -0.05) is 6.92 Å². The van der Waals surface area contributed by atoms with Gasteiger partial charge >= 0.3 is 0 Å². The highest BCUT2D eigenvalue weighted by atomic mass is 15.1. The molecule has 0 radical (unpaired) electrons. The van der Waals surface area contributed by atoms with Gasteiger partial charge in [0.15, 0.2) is 0 Å². The monoisotopic (exact) mass is 285 g/mol. The molecule has 0 spiro atoms. The maximum Gasteiger partial charge on any atom is 0.0486 e. The molecule has 3 rings (SSSR count). The Morgan fingerprint density at radius 2 is 1.90 bits per heavy atom. The Morgan fingerprint density at radius 3 is 2.57 bits per heavy atom. The second kappa shape index (κ2) is 5.82. The van der Waals surface area contributed by atoms with E-state index in [1.54, 1.807) is 0 Å². The first kappa shape index (κ1) is 14.6. The number of aromatic nitrogens is 1. The zero-order valence-electron chi connectivity index (χ0n) is 13.7. The molecule has 2 aromatic rings. The van der Waals surface area contributed by atoms with Crippen LogP contribution >= 0.6 is 0 Å². The predicted octanol–water partition coefficient (Wildman–Crippen LogP) is 3.15. The van der Waals surface area contributed by atoms with E-state index < -0.39 is 0 Å². The Kier molecular flexibility index (Phi) is 4.05. The predicted molar refractivity (Wildman–Crippen MR) is 89.6 cm³/mol. The van der Waals surface area contributed by atoms with E-state index in [9.17, 15) is 0 Å². The first-order valence-electron chi connectivity index (χ1n) is 8.17.